The molecule has 18 heavy (non-hydrogen) atoms. The Labute approximate surface area is 113 Å². The molecule has 0 aliphatic carbocycles. The maximum Gasteiger partial charge on any atom is 0.128 e. The van der Waals surface area contributed by atoms with Gasteiger partial charge in [0.05, 0.1) is 6.61 Å². The molecule has 0 bridgehead atoms. The molecule has 2 N–H and O–H groups in total. The van der Waals surface area contributed by atoms with Gasteiger partial charge in [-0.2, -0.15) is 0 Å². The van der Waals surface area contributed by atoms with Crippen molar-refractivity contribution in [3.63, 3.8) is 0 Å². The third-order valence-corrected chi connectivity index (χ3v) is 3.33. The monoisotopic (exact) mass is 269 g/mol. The summed E-state index contributed by atoms with van der Waals surface area (Å²) in [5.74, 6) is 0.256. The summed E-state index contributed by atoms with van der Waals surface area (Å²) in [4.78, 5) is 0.274. The molecule has 0 aliphatic heterocycles. The van der Waals surface area contributed by atoms with Gasteiger partial charge in [0.2, 0.25) is 0 Å². The Hall–Kier alpha value is -1.00. The average molecular weight is 269 g/mol. The quantitative estimate of drug-likeness (QED) is 0.770. The molecule has 100 valence electrons. The largest absolute Gasteiger partial charge is 0.389 e. The average Bonchev–Trinajstić information content (AvgIpc) is 2.36. The molecule has 4 heteroatoms. The zero-order chi connectivity index (χ0) is 13.5. The van der Waals surface area contributed by atoms with Crippen LogP contribution in [-0.4, -0.2) is 11.6 Å². The van der Waals surface area contributed by atoms with Crippen LogP contribution in [0.1, 0.15) is 37.8 Å². The van der Waals surface area contributed by atoms with Gasteiger partial charge in [-0.05, 0) is 24.1 Å². The highest BCUT2D eigenvalue weighted by molar-refractivity contribution is 7.80. The molecule has 0 saturated heterocycles. The van der Waals surface area contributed by atoms with Gasteiger partial charge in [0.15, 0.2) is 0 Å². The van der Waals surface area contributed by atoms with Crippen LogP contribution in [-0.2, 0) is 11.3 Å². The lowest BCUT2D eigenvalue weighted by Gasteiger charge is -2.13. The minimum atomic E-state index is -0.278. The van der Waals surface area contributed by atoms with E-state index < -0.39 is 0 Å². The first-order chi connectivity index (χ1) is 8.58. The van der Waals surface area contributed by atoms with Gasteiger partial charge in [0.1, 0.15) is 10.8 Å². The zero-order valence-electron chi connectivity index (χ0n) is 10.9. The van der Waals surface area contributed by atoms with Gasteiger partial charge in [-0.15, -0.1) is 0 Å². The van der Waals surface area contributed by atoms with E-state index in [4.69, 9.17) is 22.7 Å². The summed E-state index contributed by atoms with van der Waals surface area (Å²) in [5, 5.41) is 0. The summed E-state index contributed by atoms with van der Waals surface area (Å²) >= 11 is 4.87. The fourth-order valence-corrected chi connectivity index (χ4v) is 1.83. The molecule has 0 atom stereocenters. The summed E-state index contributed by atoms with van der Waals surface area (Å²) in [6.45, 7) is 5.18. The van der Waals surface area contributed by atoms with E-state index in [0.717, 1.165) is 12.8 Å². The number of thiocarbonyl (C=S) groups is 1. The molecule has 0 fully saturated rings. The number of rotatable bonds is 7. The number of halogens is 1. The van der Waals surface area contributed by atoms with Crippen LogP contribution < -0.4 is 5.73 Å². The second-order valence-corrected chi connectivity index (χ2v) is 4.81. The van der Waals surface area contributed by atoms with Gasteiger partial charge in [0.25, 0.3) is 0 Å². The molecule has 0 aromatic heterocycles. The predicted molar refractivity (Wildman–Crippen MR) is 76.0 cm³/mol. The SMILES string of the molecule is CCC(CC)COCc1cc(C(N)=S)ccc1F. The van der Waals surface area contributed by atoms with Crippen molar-refractivity contribution in [2.75, 3.05) is 6.61 Å². The molecule has 0 heterocycles. The Bertz CT molecular complexity index is 405. The van der Waals surface area contributed by atoms with Crippen molar-refractivity contribution in [3.05, 3.63) is 35.1 Å². The molecule has 1 aromatic rings. The van der Waals surface area contributed by atoms with Gasteiger partial charge in [-0.25, -0.2) is 4.39 Å². The van der Waals surface area contributed by atoms with Gasteiger partial charge in [-0.3, -0.25) is 0 Å². The Morgan fingerprint density at radius 2 is 2.06 bits per heavy atom. The van der Waals surface area contributed by atoms with Crippen LogP contribution in [0, 0.1) is 11.7 Å². The fourth-order valence-electron chi connectivity index (χ4n) is 1.70. The van der Waals surface area contributed by atoms with Gasteiger partial charge in [-0.1, -0.05) is 38.9 Å². The van der Waals surface area contributed by atoms with Crippen LogP contribution in [0.25, 0.3) is 0 Å². The van der Waals surface area contributed by atoms with Gasteiger partial charge < -0.3 is 10.5 Å². The molecule has 0 aliphatic rings. The second-order valence-electron chi connectivity index (χ2n) is 4.37. The van der Waals surface area contributed by atoms with E-state index in [9.17, 15) is 4.39 Å². The van der Waals surface area contributed by atoms with Gasteiger partial charge in [0, 0.05) is 17.7 Å². The third kappa shape index (κ3) is 4.35. The fraction of sp³-hybridized carbons (Fsp3) is 0.500. The van der Waals surface area contributed by atoms with Crippen molar-refractivity contribution in [1.29, 1.82) is 0 Å². The molecule has 1 aromatic carbocycles. The van der Waals surface area contributed by atoms with Crippen LogP contribution in [0.15, 0.2) is 18.2 Å². The molecule has 0 amide bonds. The first-order valence-electron chi connectivity index (χ1n) is 6.24. The first-order valence-corrected chi connectivity index (χ1v) is 6.65. The summed E-state index contributed by atoms with van der Waals surface area (Å²) < 4.78 is 19.1. The standard InChI is InChI=1S/C14H20FNOS/c1-3-10(4-2)8-17-9-12-7-11(14(16)18)5-6-13(12)15/h5-7,10H,3-4,8-9H2,1-2H3,(H2,16,18). The lowest BCUT2D eigenvalue weighted by atomic mass is 10.1. The Morgan fingerprint density at radius 1 is 1.39 bits per heavy atom. The van der Waals surface area contributed by atoms with Crippen molar-refractivity contribution < 1.29 is 9.13 Å². The number of hydrogen-bond acceptors (Lipinski definition) is 2. The van der Waals surface area contributed by atoms with E-state index in [2.05, 4.69) is 13.8 Å². The maximum absolute atomic E-state index is 13.6. The van der Waals surface area contributed by atoms with Gasteiger partial charge >= 0.3 is 0 Å². The van der Waals surface area contributed by atoms with Crippen molar-refractivity contribution >= 4 is 17.2 Å². The summed E-state index contributed by atoms with van der Waals surface area (Å²) in [7, 11) is 0. The van der Waals surface area contributed by atoms with Crippen molar-refractivity contribution in [2.24, 2.45) is 11.7 Å². The van der Waals surface area contributed by atoms with E-state index >= 15 is 0 Å². The Balaban J connectivity index is 2.61. The summed E-state index contributed by atoms with van der Waals surface area (Å²) in [6, 6.07) is 4.62. The number of hydrogen-bond donors (Lipinski definition) is 1. The number of benzene rings is 1. The molecule has 0 unspecified atom stereocenters. The summed E-state index contributed by atoms with van der Waals surface area (Å²) in [5.41, 5.74) is 6.70. The predicted octanol–water partition coefficient (Wildman–Crippen LogP) is 3.41. The topological polar surface area (TPSA) is 35.2 Å². The third-order valence-electron chi connectivity index (χ3n) is 3.10. The maximum atomic E-state index is 13.6. The molecular weight excluding hydrogens is 249 g/mol. The highest BCUT2D eigenvalue weighted by Gasteiger charge is 2.08. The Kier molecular flexibility index (Phi) is 6.22. The second kappa shape index (κ2) is 7.44. The van der Waals surface area contributed by atoms with E-state index in [1.807, 2.05) is 0 Å². The zero-order valence-corrected chi connectivity index (χ0v) is 11.7. The minimum absolute atomic E-state index is 0.263. The van der Waals surface area contributed by atoms with E-state index in [-0.39, 0.29) is 17.4 Å². The highest BCUT2D eigenvalue weighted by Crippen LogP contribution is 2.14. The van der Waals surface area contributed by atoms with Crippen molar-refractivity contribution in [2.45, 2.75) is 33.3 Å². The molecule has 0 radical (unpaired) electrons. The lowest BCUT2D eigenvalue weighted by Crippen LogP contribution is -2.11. The van der Waals surface area contributed by atoms with E-state index in [1.54, 1.807) is 12.1 Å². The number of ether oxygens (including phenoxy) is 1. The van der Waals surface area contributed by atoms with Crippen LogP contribution in [0.4, 0.5) is 4.39 Å². The van der Waals surface area contributed by atoms with Crippen molar-refractivity contribution in [3.8, 4) is 0 Å². The molecule has 0 saturated carbocycles. The summed E-state index contributed by atoms with van der Waals surface area (Å²) in [6.07, 6.45) is 2.15. The Morgan fingerprint density at radius 3 is 2.61 bits per heavy atom. The molecular formula is C14H20FNOS. The molecule has 1 rings (SSSR count). The highest BCUT2D eigenvalue weighted by atomic mass is 32.1. The number of nitrogens with two attached hydrogens (primary N) is 1. The molecule has 0 spiro atoms. The van der Waals surface area contributed by atoms with Crippen LogP contribution in [0.5, 0.6) is 0 Å². The van der Waals surface area contributed by atoms with E-state index in [1.165, 1.54) is 6.07 Å². The minimum Gasteiger partial charge on any atom is -0.389 e. The van der Waals surface area contributed by atoms with E-state index in [0.29, 0.717) is 23.7 Å². The normalized spacial score (nSPS) is 10.9. The van der Waals surface area contributed by atoms with Crippen LogP contribution >= 0.6 is 12.2 Å². The first kappa shape index (κ1) is 15.1. The van der Waals surface area contributed by atoms with Crippen molar-refractivity contribution in [1.82, 2.24) is 0 Å². The molecule has 2 nitrogen and oxygen atoms in total. The van der Waals surface area contributed by atoms with Crippen LogP contribution in [0.2, 0.25) is 0 Å². The lowest BCUT2D eigenvalue weighted by molar-refractivity contribution is 0.0825. The van der Waals surface area contributed by atoms with Crippen LogP contribution in [0.3, 0.4) is 0 Å². The smallest absolute Gasteiger partial charge is 0.128 e.